The van der Waals surface area contributed by atoms with Gasteiger partial charge in [-0.2, -0.15) is 0 Å². The van der Waals surface area contributed by atoms with Gasteiger partial charge in [-0.25, -0.2) is 13.4 Å². The van der Waals surface area contributed by atoms with Crippen molar-refractivity contribution in [3.05, 3.63) is 21.8 Å². The lowest BCUT2D eigenvalue weighted by Crippen LogP contribution is -2.10. The van der Waals surface area contributed by atoms with E-state index in [9.17, 15) is 8.42 Å². The summed E-state index contributed by atoms with van der Waals surface area (Å²) < 4.78 is 22.6. The molecular formula is C9H12BrClN2O2S. The van der Waals surface area contributed by atoms with Crippen LogP contribution in [-0.2, 0) is 9.84 Å². The van der Waals surface area contributed by atoms with Gasteiger partial charge in [-0.05, 0) is 28.4 Å². The average molecular weight is 328 g/mol. The SMILES string of the molecule is CS(=O)(=O)CCCNc1ncc(Br)cc1Cl. The number of hydrogen-bond acceptors (Lipinski definition) is 4. The maximum Gasteiger partial charge on any atom is 0.147 e. The first-order valence-corrected chi connectivity index (χ1v) is 7.84. The molecule has 0 atom stereocenters. The van der Waals surface area contributed by atoms with E-state index in [4.69, 9.17) is 11.6 Å². The Morgan fingerprint density at radius 1 is 1.56 bits per heavy atom. The zero-order valence-corrected chi connectivity index (χ0v) is 11.9. The van der Waals surface area contributed by atoms with Crippen molar-refractivity contribution in [1.29, 1.82) is 0 Å². The fourth-order valence-electron chi connectivity index (χ4n) is 1.09. The highest BCUT2D eigenvalue weighted by Crippen LogP contribution is 2.22. The lowest BCUT2D eigenvalue weighted by Gasteiger charge is -2.06. The molecule has 1 heterocycles. The Morgan fingerprint density at radius 2 is 2.25 bits per heavy atom. The quantitative estimate of drug-likeness (QED) is 0.843. The molecule has 1 rings (SSSR count). The van der Waals surface area contributed by atoms with Gasteiger partial charge >= 0.3 is 0 Å². The van der Waals surface area contributed by atoms with Crippen LogP contribution in [0.2, 0.25) is 5.02 Å². The van der Waals surface area contributed by atoms with Crippen molar-refractivity contribution in [2.75, 3.05) is 23.9 Å². The molecule has 90 valence electrons. The molecule has 1 aromatic heterocycles. The van der Waals surface area contributed by atoms with E-state index < -0.39 is 9.84 Å². The molecule has 0 unspecified atom stereocenters. The summed E-state index contributed by atoms with van der Waals surface area (Å²) in [7, 11) is -2.90. The Balaban J connectivity index is 2.43. The topological polar surface area (TPSA) is 59.1 Å². The van der Waals surface area contributed by atoms with Crippen LogP contribution in [0.4, 0.5) is 5.82 Å². The normalized spacial score (nSPS) is 11.4. The number of pyridine rings is 1. The molecule has 0 aliphatic heterocycles. The maximum atomic E-state index is 10.9. The van der Waals surface area contributed by atoms with Crippen LogP contribution in [-0.4, -0.2) is 32.0 Å². The van der Waals surface area contributed by atoms with Crippen LogP contribution >= 0.6 is 27.5 Å². The first-order chi connectivity index (χ1) is 7.38. The standard InChI is InChI=1S/C9H12BrClN2O2S/c1-16(14,15)4-2-3-12-9-8(11)5-7(10)6-13-9/h5-6H,2-4H2,1H3,(H,12,13). The zero-order valence-electron chi connectivity index (χ0n) is 8.70. The summed E-state index contributed by atoms with van der Waals surface area (Å²) in [5.41, 5.74) is 0. The van der Waals surface area contributed by atoms with Crippen LogP contribution in [0.1, 0.15) is 6.42 Å². The number of nitrogens with zero attached hydrogens (tertiary/aromatic N) is 1. The number of nitrogens with one attached hydrogen (secondary N) is 1. The number of rotatable bonds is 5. The molecule has 0 aliphatic carbocycles. The van der Waals surface area contributed by atoms with Crippen molar-refractivity contribution in [1.82, 2.24) is 4.98 Å². The first-order valence-electron chi connectivity index (χ1n) is 4.61. The van der Waals surface area contributed by atoms with E-state index in [-0.39, 0.29) is 5.75 Å². The van der Waals surface area contributed by atoms with Gasteiger partial charge in [0.05, 0.1) is 10.8 Å². The molecule has 0 saturated heterocycles. The minimum Gasteiger partial charge on any atom is -0.369 e. The van der Waals surface area contributed by atoms with E-state index in [1.54, 1.807) is 12.3 Å². The molecule has 0 fully saturated rings. The smallest absolute Gasteiger partial charge is 0.147 e. The van der Waals surface area contributed by atoms with E-state index in [1.165, 1.54) is 6.26 Å². The van der Waals surface area contributed by atoms with Crippen LogP contribution in [0.3, 0.4) is 0 Å². The highest BCUT2D eigenvalue weighted by molar-refractivity contribution is 9.10. The third kappa shape index (κ3) is 5.14. The predicted molar refractivity (Wildman–Crippen MR) is 69.8 cm³/mol. The van der Waals surface area contributed by atoms with E-state index in [2.05, 4.69) is 26.2 Å². The van der Waals surface area contributed by atoms with Gasteiger partial charge < -0.3 is 5.32 Å². The molecule has 0 spiro atoms. The molecular weight excluding hydrogens is 316 g/mol. The molecule has 7 heteroatoms. The maximum absolute atomic E-state index is 10.9. The summed E-state index contributed by atoms with van der Waals surface area (Å²) >= 11 is 9.18. The van der Waals surface area contributed by atoms with Gasteiger partial charge in [-0.15, -0.1) is 0 Å². The second-order valence-corrected chi connectivity index (χ2v) is 6.98. The molecule has 0 bridgehead atoms. The molecule has 1 N–H and O–H groups in total. The second kappa shape index (κ2) is 5.84. The van der Waals surface area contributed by atoms with Crippen LogP contribution in [0.5, 0.6) is 0 Å². The molecule has 0 amide bonds. The highest BCUT2D eigenvalue weighted by Gasteiger charge is 2.04. The summed E-state index contributed by atoms with van der Waals surface area (Å²) in [6, 6.07) is 1.73. The van der Waals surface area contributed by atoms with E-state index >= 15 is 0 Å². The van der Waals surface area contributed by atoms with Gasteiger partial charge in [-0.1, -0.05) is 11.6 Å². The molecule has 0 aliphatic rings. The van der Waals surface area contributed by atoms with Crippen molar-refractivity contribution >= 4 is 43.2 Å². The summed E-state index contributed by atoms with van der Waals surface area (Å²) in [6.07, 6.45) is 3.38. The molecule has 4 nitrogen and oxygen atoms in total. The minimum atomic E-state index is -2.90. The van der Waals surface area contributed by atoms with Gasteiger partial charge in [-0.3, -0.25) is 0 Å². The Morgan fingerprint density at radius 3 is 2.81 bits per heavy atom. The van der Waals surface area contributed by atoms with Crippen molar-refractivity contribution < 1.29 is 8.42 Å². The summed E-state index contributed by atoms with van der Waals surface area (Å²) in [5.74, 6) is 0.729. The van der Waals surface area contributed by atoms with Crippen LogP contribution in [0, 0.1) is 0 Å². The summed E-state index contributed by atoms with van der Waals surface area (Å²) in [4.78, 5) is 4.07. The van der Waals surface area contributed by atoms with Crippen LogP contribution < -0.4 is 5.32 Å². The average Bonchev–Trinajstić information content (AvgIpc) is 2.13. The summed E-state index contributed by atoms with van der Waals surface area (Å²) in [6.45, 7) is 0.529. The Bertz CT molecular complexity index is 465. The molecule has 0 saturated carbocycles. The number of halogens is 2. The van der Waals surface area contributed by atoms with Gasteiger partial charge in [0, 0.05) is 23.5 Å². The number of hydrogen-bond donors (Lipinski definition) is 1. The van der Waals surface area contributed by atoms with Crippen LogP contribution in [0.15, 0.2) is 16.7 Å². The molecule has 1 aromatic rings. The van der Waals surface area contributed by atoms with E-state index in [0.717, 1.165) is 4.47 Å². The van der Waals surface area contributed by atoms with Crippen molar-refractivity contribution in [3.63, 3.8) is 0 Å². The Kier molecular flexibility index (Phi) is 5.01. The fourth-order valence-corrected chi connectivity index (χ4v) is 2.45. The molecule has 0 aromatic carbocycles. The van der Waals surface area contributed by atoms with Gasteiger partial charge in [0.2, 0.25) is 0 Å². The zero-order chi connectivity index (χ0) is 12.2. The third-order valence-corrected chi connectivity index (χ3v) is 3.54. The Hall–Kier alpha value is -0.330. The molecule has 0 radical (unpaired) electrons. The lowest BCUT2D eigenvalue weighted by molar-refractivity contribution is 0.600. The van der Waals surface area contributed by atoms with Gasteiger partial charge in [0.25, 0.3) is 0 Å². The number of anilines is 1. The first kappa shape index (κ1) is 13.7. The molecule has 16 heavy (non-hydrogen) atoms. The Labute approximate surface area is 108 Å². The van der Waals surface area contributed by atoms with Crippen LogP contribution in [0.25, 0.3) is 0 Å². The number of sulfone groups is 1. The number of aromatic nitrogens is 1. The summed E-state index contributed by atoms with van der Waals surface area (Å²) in [5, 5.41) is 3.49. The van der Waals surface area contributed by atoms with Crippen molar-refractivity contribution in [2.24, 2.45) is 0 Å². The lowest BCUT2D eigenvalue weighted by atomic mass is 10.4. The van der Waals surface area contributed by atoms with E-state index in [1.807, 2.05) is 0 Å². The van der Waals surface area contributed by atoms with Gasteiger partial charge in [0.15, 0.2) is 0 Å². The highest BCUT2D eigenvalue weighted by atomic mass is 79.9. The largest absolute Gasteiger partial charge is 0.369 e. The monoisotopic (exact) mass is 326 g/mol. The van der Waals surface area contributed by atoms with Gasteiger partial charge in [0.1, 0.15) is 15.7 Å². The predicted octanol–water partition coefficient (Wildman–Crippen LogP) is 2.34. The minimum absolute atomic E-state index is 0.161. The van der Waals surface area contributed by atoms with E-state index in [0.29, 0.717) is 23.8 Å². The fraction of sp³-hybridized carbons (Fsp3) is 0.444. The second-order valence-electron chi connectivity index (χ2n) is 3.39. The third-order valence-electron chi connectivity index (χ3n) is 1.79. The van der Waals surface area contributed by atoms with Crippen molar-refractivity contribution in [2.45, 2.75) is 6.42 Å². The van der Waals surface area contributed by atoms with Crippen molar-refractivity contribution in [3.8, 4) is 0 Å².